The molecular formula is C22H26FN5OS. The van der Waals surface area contributed by atoms with Gasteiger partial charge in [0.15, 0.2) is 5.82 Å². The molecule has 0 N–H and O–H groups in total. The predicted octanol–water partition coefficient (Wildman–Crippen LogP) is 4.43. The highest BCUT2D eigenvalue weighted by Crippen LogP contribution is 2.28. The molecule has 4 rings (SSSR count). The Kier molecular flexibility index (Phi) is 5.94. The van der Waals surface area contributed by atoms with E-state index >= 15 is 0 Å². The average Bonchev–Trinajstić information content (AvgIpc) is 3.37. The number of aromatic nitrogens is 4. The summed E-state index contributed by atoms with van der Waals surface area (Å²) in [5.74, 6) is 1.11. The lowest BCUT2D eigenvalue weighted by Gasteiger charge is -2.16. The number of fused-ring (bicyclic) bond motifs is 1. The smallest absolute Gasteiger partial charge is 0.245 e. The second-order valence-electron chi connectivity index (χ2n) is 7.78. The minimum absolute atomic E-state index is 0.0151. The summed E-state index contributed by atoms with van der Waals surface area (Å²) in [6.07, 6.45) is 3.97. The number of carbonyl (C=O) groups is 1. The predicted molar refractivity (Wildman–Crippen MR) is 114 cm³/mol. The maximum absolute atomic E-state index is 13.7. The third kappa shape index (κ3) is 4.28. The van der Waals surface area contributed by atoms with Crippen LogP contribution in [0, 0.1) is 19.7 Å². The number of rotatable bonds is 7. The Morgan fingerprint density at radius 1 is 1.20 bits per heavy atom. The summed E-state index contributed by atoms with van der Waals surface area (Å²) in [6, 6.07) is 4.87. The molecule has 0 radical (unpaired) electrons. The van der Waals surface area contributed by atoms with Crippen molar-refractivity contribution in [1.29, 1.82) is 0 Å². The quantitative estimate of drug-likeness (QED) is 0.523. The van der Waals surface area contributed by atoms with Gasteiger partial charge in [-0.1, -0.05) is 19.8 Å². The standard InChI is InChI=1S/C22H26FN5OS/c1-4-5-6-7-20-25-22(16-8-9-17(23)14(2)10-16)26-28(20)13-21(29)27-11-18-19(12-27)30-15(3)24-18/h8-10H,4-7,11-13H2,1-3H3. The van der Waals surface area contributed by atoms with Crippen LogP contribution in [0.2, 0.25) is 0 Å². The molecule has 0 saturated heterocycles. The Hall–Kier alpha value is -2.61. The van der Waals surface area contributed by atoms with E-state index in [-0.39, 0.29) is 18.3 Å². The number of carbonyl (C=O) groups excluding carboxylic acids is 1. The van der Waals surface area contributed by atoms with Crippen LogP contribution in [-0.2, 0) is 30.8 Å². The van der Waals surface area contributed by atoms with E-state index in [2.05, 4.69) is 17.0 Å². The van der Waals surface area contributed by atoms with E-state index in [0.29, 0.717) is 24.5 Å². The molecule has 6 nitrogen and oxygen atoms in total. The second kappa shape index (κ2) is 8.63. The number of aryl methyl sites for hydroxylation is 3. The lowest BCUT2D eigenvalue weighted by molar-refractivity contribution is -0.132. The molecule has 3 aromatic rings. The molecule has 1 aliphatic heterocycles. The summed E-state index contributed by atoms with van der Waals surface area (Å²) in [5, 5.41) is 5.66. The number of amides is 1. The SMILES string of the molecule is CCCCCc1nc(-c2ccc(F)c(C)c2)nn1CC(=O)N1Cc2nc(C)sc2C1. The summed E-state index contributed by atoms with van der Waals surface area (Å²) >= 11 is 1.65. The van der Waals surface area contributed by atoms with E-state index in [1.54, 1.807) is 35.1 Å². The highest BCUT2D eigenvalue weighted by molar-refractivity contribution is 7.11. The van der Waals surface area contributed by atoms with E-state index in [0.717, 1.165) is 47.8 Å². The van der Waals surface area contributed by atoms with Crippen molar-refractivity contribution in [2.24, 2.45) is 0 Å². The molecule has 30 heavy (non-hydrogen) atoms. The molecule has 2 aromatic heterocycles. The maximum atomic E-state index is 13.7. The highest BCUT2D eigenvalue weighted by Gasteiger charge is 2.27. The normalized spacial score (nSPS) is 13.1. The third-order valence-electron chi connectivity index (χ3n) is 5.37. The van der Waals surface area contributed by atoms with Crippen LogP contribution in [0.5, 0.6) is 0 Å². The van der Waals surface area contributed by atoms with Crippen LogP contribution in [-0.4, -0.2) is 30.6 Å². The molecule has 8 heteroatoms. The highest BCUT2D eigenvalue weighted by atomic mass is 32.1. The first-order chi connectivity index (χ1) is 14.4. The van der Waals surface area contributed by atoms with E-state index in [1.807, 2.05) is 11.8 Å². The van der Waals surface area contributed by atoms with E-state index < -0.39 is 0 Å². The zero-order chi connectivity index (χ0) is 21.3. The number of benzene rings is 1. The Morgan fingerprint density at radius 2 is 2.03 bits per heavy atom. The van der Waals surface area contributed by atoms with E-state index in [9.17, 15) is 9.18 Å². The van der Waals surface area contributed by atoms with Crippen LogP contribution in [0.1, 0.15) is 53.2 Å². The van der Waals surface area contributed by atoms with Crippen molar-refractivity contribution in [1.82, 2.24) is 24.6 Å². The molecule has 1 aliphatic rings. The van der Waals surface area contributed by atoms with Crippen LogP contribution >= 0.6 is 11.3 Å². The van der Waals surface area contributed by atoms with Gasteiger partial charge in [-0.25, -0.2) is 19.0 Å². The van der Waals surface area contributed by atoms with Crippen LogP contribution in [0.15, 0.2) is 18.2 Å². The van der Waals surface area contributed by atoms with Gasteiger partial charge < -0.3 is 4.90 Å². The molecule has 158 valence electrons. The minimum atomic E-state index is -0.248. The van der Waals surface area contributed by atoms with Crippen molar-refractivity contribution in [3.05, 3.63) is 51.0 Å². The molecular weight excluding hydrogens is 401 g/mol. The topological polar surface area (TPSA) is 63.9 Å². The number of hydrogen-bond donors (Lipinski definition) is 0. The van der Waals surface area contributed by atoms with E-state index in [4.69, 9.17) is 4.98 Å². The van der Waals surface area contributed by atoms with Gasteiger partial charge in [-0.3, -0.25) is 4.79 Å². The van der Waals surface area contributed by atoms with Crippen LogP contribution in [0.3, 0.4) is 0 Å². The zero-order valence-corrected chi connectivity index (χ0v) is 18.4. The van der Waals surface area contributed by atoms with Gasteiger partial charge in [0.25, 0.3) is 0 Å². The Morgan fingerprint density at radius 3 is 2.77 bits per heavy atom. The second-order valence-corrected chi connectivity index (χ2v) is 9.07. The van der Waals surface area contributed by atoms with Gasteiger partial charge in [0, 0.05) is 16.9 Å². The summed E-state index contributed by atoms with van der Waals surface area (Å²) in [5.41, 5.74) is 2.33. The maximum Gasteiger partial charge on any atom is 0.245 e. The summed E-state index contributed by atoms with van der Waals surface area (Å²) < 4.78 is 15.4. The van der Waals surface area contributed by atoms with Gasteiger partial charge in [0.05, 0.1) is 23.8 Å². The number of thiazole rings is 1. The fourth-order valence-electron chi connectivity index (χ4n) is 3.70. The molecule has 1 aromatic carbocycles. The minimum Gasteiger partial charge on any atom is -0.330 e. The largest absolute Gasteiger partial charge is 0.330 e. The first-order valence-electron chi connectivity index (χ1n) is 10.4. The monoisotopic (exact) mass is 427 g/mol. The average molecular weight is 428 g/mol. The lowest BCUT2D eigenvalue weighted by atomic mass is 10.1. The number of nitrogens with zero attached hydrogens (tertiary/aromatic N) is 5. The molecule has 1 amide bonds. The van der Waals surface area contributed by atoms with E-state index in [1.165, 1.54) is 10.9 Å². The van der Waals surface area contributed by atoms with Gasteiger partial charge in [-0.15, -0.1) is 11.3 Å². The first-order valence-corrected chi connectivity index (χ1v) is 11.2. The van der Waals surface area contributed by atoms with Gasteiger partial charge >= 0.3 is 0 Å². The molecule has 0 saturated carbocycles. The third-order valence-corrected chi connectivity index (χ3v) is 6.36. The van der Waals surface area contributed by atoms with Crippen molar-refractivity contribution in [3.63, 3.8) is 0 Å². The van der Waals surface area contributed by atoms with Crippen LogP contribution in [0.4, 0.5) is 4.39 Å². The molecule has 0 bridgehead atoms. The fraction of sp³-hybridized carbons (Fsp3) is 0.455. The van der Waals surface area contributed by atoms with Crippen molar-refractivity contribution in [2.45, 2.75) is 66.1 Å². The van der Waals surface area contributed by atoms with Gasteiger partial charge in [0.1, 0.15) is 18.2 Å². The van der Waals surface area contributed by atoms with Crippen LogP contribution < -0.4 is 0 Å². The Labute approximate surface area is 179 Å². The molecule has 3 heterocycles. The number of halogens is 1. The van der Waals surface area contributed by atoms with Crippen molar-refractivity contribution in [2.75, 3.05) is 0 Å². The van der Waals surface area contributed by atoms with Crippen molar-refractivity contribution < 1.29 is 9.18 Å². The first kappa shape index (κ1) is 20.7. The Bertz CT molecular complexity index is 1050. The number of unbranched alkanes of at least 4 members (excludes halogenated alkanes) is 2. The molecule has 0 spiro atoms. The van der Waals surface area contributed by atoms with Crippen LogP contribution in [0.25, 0.3) is 11.4 Å². The lowest BCUT2D eigenvalue weighted by Crippen LogP contribution is -2.30. The van der Waals surface area contributed by atoms with Crippen molar-refractivity contribution in [3.8, 4) is 11.4 Å². The van der Waals surface area contributed by atoms with Gasteiger partial charge in [-0.05, 0) is 44.0 Å². The summed E-state index contributed by atoms with van der Waals surface area (Å²) in [6.45, 7) is 7.20. The number of hydrogen-bond acceptors (Lipinski definition) is 5. The summed E-state index contributed by atoms with van der Waals surface area (Å²) in [7, 11) is 0. The Balaban J connectivity index is 1.54. The molecule has 0 unspecified atom stereocenters. The zero-order valence-electron chi connectivity index (χ0n) is 17.6. The summed E-state index contributed by atoms with van der Waals surface area (Å²) in [4.78, 5) is 25.2. The fourth-order valence-corrected chi connectivity index (χ4v) is 4.66. The van der Waals surface area contributed by atoms with Gasteiger partial charge in [0.2, 0.25) is 5.91 Å². The van der Waals surface area contributed by atoms with Gasteiger partial charge in [-0.2, -0.15) is 5.10 Å². The molecule has 0 atom stereocenters. The van der Waals surface area contributed by atoms with Crippen molar-refractivity contribution >= 4 is 17.2 Å². The molecule has 0 aliphatic carbocycles. The molecule has 0 fully saturated rings.